The Kier molecular flexibility index (Phi) is 5.55. The van der Waals surface area contributed by atoms with Crippen LogP contribution in [0.2, 0.25) is 5.02 Å². The van der Waals surface area contributed by atoms with Gasteiger partial charge in [0.25, 0.3) is 0 Å². The monoisotopic (exact) mass is 429 g/mol. The Morgan fingerprint density at radius 1 is 1.17 bits per heavy atom. The van der Waals surface area contributed by atoms with Gasteiger partial charge in [-0.1, -0.05) is 29.8 Å². The number of alkyl halides is 2. The van der Waals surface area contributed by atoms with Crippen molar-refractivity contribution in [2.24, 2.45) is 0 Å². The van der Waals surface area contributed by atoms with Crippen LogP contribution in [0, 0.1) is 6.92 Å². The zero-order valence-electron chi connectivity index (χ0n) is 16.3. The molecule has 0 N–H and O–H groups in total. The number of hydrogen-bond acceptors (Lipinski definition) is 4. The average Bonchev–Trinajstić information content (AvgIpc) is 3.02. The van der Waals surface area contributed by atoms with Crippen molar-refractivity contribution in [3.63, 3.8) is 0 Å². The molecule has 0 fully saturated rings. The zero-order chi connectivity index (χ0) is 21.3. The molecule has 0 saturated carbocycles. The van der Waals surface area contributed by atoms with E-state index >= 15 is 0 Å². The largest absolute Gasteiger partial charge is 0.481 e. The molecule has 3 heterocycles. The summed E-state index contributed by atoms with van der Waals surface area (Å²) in [7, 11) is 1.55. The van der Waals surface area contributed by atoms with E-state index < -0.39 is 6.61 Å². The van der Waals surface area contributed by atoms with Gasteiger partial charge in [-0.3, -0.25) is 0 Å². The van der Waals surface area contributed by atoms with E-state index in [1.165, 1.54) is 6.07 Å². The summed E-state index contributed by atoms with van der Waals surface area (Å²) in [6.07, 6.45) is 3.94. The summed E-state index contributed by atoms with van der Waals surface area (Å²) in [5.74, 6) is 0.654. The van der Waals surface area contributed by atoms with Gasteiger partial charge in [0, 0.05) is 53.3 Å². The number of hydrogen-bond donors (Lipinski definition) is 0. The van der Waals surface area contributed by atoms with Crippen LogP contribution in [0.25, 0.3) is 16.8 Å². The molecule has 0 spiro atoms. The number of para-hydroxylation sites is 1. The number of aromatic nitrogens is 3. The third-order valence-corrected chi connectivity index (χ3v) is 5.12. The number of rotatable bonds is 6. The van der Waals surface area contributed by atoms with E-state index in [1.54, 1.807) is 43.6 Å². The molecule has 0 aliphatic carbocycles. The molecule has 0 unspecified atom stereocenters. The van der Waals surface area contributed by atoms with E-state index in [2.05, 4.69) is 14.7 Å². The van der Waals surface area contributed by atoms with Gasteiger partial charge in [0.1, 0.15) is 11.4 Å². The molecule has 3 aromatic heterocycles. The first-order valence-corrected chi connectivity index (χ1v) is 9.54. The van der Waals surface area contributed by atoms with Crippen LogP contribution in [-0.4, -0.2) is 28.1 Å². The second-order valence-electron chi connectivity index (χ2n) is 6.66. The molecule has 8 heteroatoms. The van der Waals surface area contributed by atoms with Crippen molar-refractivity contribution < 1.29 is 18.3 Å². The molecular formula is C22H18ClF2N3O2. The maximum atomic E-state index is 12.8. The Hall–Kier alpha value is -3.19. The fourth-order valence-corrected chi connectivity index (χ4v) is 3.61. The van der Waals surface area contributed by atoms with Crippen molar-refractivity contribution in [1.29, 1.82) is 0 Å². The first-order chi connectivity index (χ1) is 14.5. The van der Waals surface area contributed by atoms with Gasteiger partial charge >= 0.3 is 6.61 Å². The average molecular weight is 430 g/mol. The molecule has 0 amide bonds. The highest BCUT2D eigenvalue weighted by Gasteiger charge is 2.16. The van der Waals surface area contributed by atoms with Crippen molar-refractivity contribution in [3.05, 3.63) is 76.8 Å². The van der Waals surface area contributed by atoms with Crippen LogP contribution in [-0.2, 0) is 6.42 Å². The second-order valence-corrected chi connectivity index (χ2v) is 7.07. The summed E-state index contributed by atoms with van der Waals surface area (Å²) in [6.45, 7) is -1.01. The van der Waals surface area contributed by atoms with E-state index in [1.807, 2.05) is 23.6 Å². The van der Waals surface area contributed by atoms with E-state index in [0.29, 0.717) is 28.5 Å². The Morgan fingerprint density at radius 3 is 2.67 bits per heavy atom. The number of benzene rings is 1. The Bertz CT molecular complexity index is 1190. The number of nitrogens with zero attached hydrogens (tertiary/aromatic N) is 3. The normalized spacial score (nSPS) is 11.3. The number of ether oxygens (including phenoxy) is 2. The molecule has 0 aliphatic heterocycles. The minimum atomic E-state index is -2.89. The number of pyridine rings is 2. The first kappa shape index (κ1) is 20.1. The lowest BCUT2D eigenvalue weighted by Crippen LogP contribution is -2.06. The highest BCUT2D eigenvalue weighted by Crippen LogP contribution is 2.31. The maximum Gasteiger partial charge on any atom is 0.387 e. The van der Waals surface area contributed by atoms with Gasteiger partial charge in [-0.05, 0) is 19.1 Å². The Labute approximate surface area is 176 Å². The molecule has 0 atom stereocenters. The molecule has 4 aromatic rings. The van der Waals surface area contributed by atoms with Crippen LogP contribution < -0.4 is 9.47 Å². The van der Waals surface area contributed by atoms with Crippen molar-refractivity contribution in [2.75, 3.05) is 7.11 Å². The summed E-state index contributed by atoms with van der Waals surface area (Å²) in [6, 6.07) is 12.2. The molecule has 154 valence electrons. The van der Waals surface area contributed by atoms with E-state index in [-0.39, 0.29) is 5.75 Å². The van der Waals surface area contributed by atoms with Gasteiger partial charge in [-0.2, -0.15) is 8.78 Å². The molecular weight excluding hydrogens is 412 g/mol. The number of fused-ring (bicyclic) bond motifs is 1. The molecule has 5 nitrogen and oxygen atoms in total. The second kappa shape index (κ2) is 8.28. The molecule has 0 bridgehead atoms. The number of aryl methyl sites for hydroxylation is 1. The van der Waals surface area contributed by atoms with Crippen LogP contribution in [0.3, 0.4) is 0 Å². The summed E-state index contributed by atoms with van der Waals surface area (Å²) >= 11 is 6.50. The zero-order valence-corrected chi connectivity index (χ0v) is 17.0. The summed E-state index contributed by atoms with van der Waals surface area (Å²) in [5.41, 5.74) is 4.55. The van der Waals surface area contributed by atoms with Crippen molar-refractivity contribution >= 4 is 17.2 Å². The van der Waals surface area contributed by atoms with E-state index in [4.69, 9.17) is 16.3 Å². The third-order valence-electron chi connectivity index (χ3n) is 4.81. The number of methoxy groups -OCH3 is 1. The van der Waals surface area contributed by atoms with Gasteiger partial charge in [-0.15, -0.1) is 0 Å². The Morgan fingerprint density at radius 2 is 1.97 bits per heavy atom. The first-order valence-electron chi connectivity index (χ1n) is 9.16. The molecule has 1 aromatic carbocycles. The lowest BCUT2D eigenvalue weighted by Gasteiger charge is -2.12. The van der Waals surface area contributed by atoms with Gasteiger partial charge < -0.3 is 13.9 Å². The van der Waals surface area contributed by atoms with E-state index in [0.717, 1.165) is 22.5 Å². The fraction of sp³-hybridized carbons (Fsp3) is 0.182. The van der Waals surface area contributed by atoms with Gasteiger partial charge in [0.15, 0.2) is 0 Å². The highest BCUT2D eigenvalue weighted by molar-refractivity contribution is 6.33. The molecule has 0 radical (unpaired) electrons. The lowest BCUT2D eigenvalue weighted by molar-refractivity contribution is -0.0503. The van der Waals surface area contributed by atoms with Crippen molar-refractivity contribution in [1.82, 2.24) is 14.4 Å². The Balaban J connectivity index is 1.79. The summed E-state index contributed by atoms with van der Waals surface area (Å²) in [4.78, 5) is 8.81. The smallest absolute Gasteiger partial charge is 0.387 e. The number of halogens is 3. The van der Waals surface area contributed by atoms with Crippen LogP contribution >= 0.6 is 11.6 Å². The SMILES string of the molecule is COc1ccc(-c2cn3c(Cc4ccccc4OC(F)F)c(C)nc3cc2Cl)cn1. The van der Waals surface area contributed by atoms with Crippen LogP contribution in [0.1, 0.15) is 17.0 Å². The minimum absolute atomic E-state index is 0.149. The van der Waals surface area contributed by atoms with Crippen LogP contribution in [0.5, 0.6) is 11.6 Å². The van der Waals surface area contributed by atoms with Gasteiger partial charge in [-0.25, -0.2) is 9.97 Å². The standard InChI is InChI=1S/C22H18ClF2N3O2/c1-13-18(9-14-5-3-4-6-19(14)30-22(24)25)28-12-16(17(23)10-20(28)27-13)15-7-8-21(29-2)26-11-15/h3-8,10-12,22H,9H2,1-2H3. The summed E-state index contributed by atoms with van der Waals surface area (Å²) in [5, 5.41) is 0.535. The van der Waals surface area contributed by atoms with Crippen molar-refractivity contribution in [3.8, 4) is 22.8 Å². The van der Waals surface area contributed by atoms with E-state index in [9.17, 15) is 8.78 Å². The highest BCUT2D eigenvalue weighted by atomic mass is 35.5. The lowest BCUT2D eigenvalue weighted by atomic mass is 10.1. The molecule has 0 saturated heterocycles. The predicted octanol–water partition coefficient (Wildman–Crippen LogP) is 5.56. The molecule has 0 aliphatic rings. The number of imidazole rings is 1. The topological polar surface area (TPSA) is 48.7 Å². The van der Waals surface area contributed by atoms with Gasteiger partial charge in [0.2, 0.25) is 5.88 Å². The predicted molar refractivity (Wildman–Crippen MR) is 111 cm³/mol. The van der Waals surface area contributed by atoms with Gasteiger partial charge in [0.05, 0.1) is 17.8 Å². The maximum absolute atomic E-state index is 12.8. The molecule has 4 rings (SSSR count). The third kappa shape index (κ3) is 3.93. The molecule has 30 heavy (non-hydrogen) atoms. The fourth-order valence-electron chi connectivity index (χ4n) is 3.36. The van der Waals surface area contributed by atoms with Crippen molar-refractivity contribution in [2.45, 2.75) is 20.0 Å². The van der Waals surface area contributed by atoms with Crippen LogP contribution in [0.15, 0.2) is 54.9 Å². The minimum Gasteiger partial charge on any atom is -0.481 e. The summed E-state index contributed by atoms with van der Waals surface area (Å²) < 4.78 is 37.3. The quantitative estimate of drug-likeness (QED) is 0.402. The van der Waals surface area contributed by atoms with Crippen LogP contribution in [0.4, 0.5) is 8.78 Å².